The van der Waals surface area contributed by atoms with Gasteiger partial charge in [-0.05, 0) is 32.1 Å². The van der Waals surface area contributed by atoms with Crippen LogP contribution in [0.15, 0.2) is 12.2 Å². The summed E-state index contributed by atoms with van der Waals surface area (Å²) in [6, 6.07) is 0. The summed E-state index contributed by atoms with van der Waals surface area (Å²) in [6.07, 6.45) is 2.50. The van der Waals surface area contributed by atoms with Crippen LogP contribution in [0.25, 0.3) is 0 Å². The molecule has 2 atom stereocenters. The van der Waals surface area contributed by atoms with E-state index in [0.29, 0.717) is 17.9 Å². The Hall–Kier alpha value is -0.790. The van der Waals surface area contributed by atoms with Gasteiger partial charge in [0.1, 0.15) is 5.60 Å². The van der Waals surface area contributed by atoms with Crippen molar-refractivity contribution in [1.82, 2.24) is 0 Å². The first-order chi connectivity index (χ1) is 6.91. The molecule has 0 aliphatic rings. The Bertz CT molecular complexity index is 233. The second-order valence-corrected chi connectivity index (χ2v) is 4.32. The van der Waals surface area contributed by atoms with Gasteiger partial charge in [0.15, 0.2) is 0 Å². The van der Waals surface area contributed by atoms with Gasteiger partial charge >= 0.3 is 5.97 Å². The van der Waals surface area contributed by atoms with Gasteiger partial charge in [-0.15, -0.1) is 0 Å². The standard InChI is InChI=1S/C13H24O2/c1-7-10(4)12(14)15-13(6,9-3)11(5)8-2/h11H,4,7-9H2,1-3,5-6H3. The lowest BCUT2D eigenvalue weighted by Gasteiger charge is -2.34. The van der Waals surface area contributed by atoms with E-state index >= 15 is 0 Å². The molecule has 0 aromatic rings. The third kappa shape index (κ3) is 3.69. The van der Waals surface area contributed by atoms with Gasteiger partial charge in [-0.1, -0.05) is 34.3 Å². The van der Waals surface area contributed by atoms with E-state index in [1.54, 1.807) is 0 Å². The summed E-state index contributed by atoms with van der Waals surface area (Å²) in [7, 11) is 0. The molecule has 0 saturated carbocycles. The molecule has 0 aromatic heterocycles. The lowest BCUT2D eigenvalue weighted by atomic mass is 9.86. The molecule has 0 bridgehead atoms. The highest BCUT2D eigenvalue weighted by atomic mass is 16.6. The molecule has 0 aliphatic carbocycles. The monoisotopic (exact) mass is 212 g/mol. The van der Waals surface area contributed by atoms with Crippen molar-refractivity contribution in [3.05, 3.63) is 12.2 Å². The Labute approximate surface area is 93.7 Å². The molecular weight excluding hydrogens is 188 g/mol. The summed E-state index contributed by atoms with van der Waals surface area (Å²) in [4.78, 5) is 11.6. The molecule has 2 unspecified atom stereocenters. The predicted octanol–water partition coefficient (Wildman–Crippen LogP) is 3.71. The van der Waals surface area contributed by atoms with Crippen molar-refractivity contribution in [2.75, 3.05) is 0 Å². The lowest BCUT2D eigenvalue weighted by Crippen LogP contribution is -2.38. The van der Waals surface area contributed by atoms with Crippen LogP contribution in [0.1, 0.15) is 53.9 Å². The molecule has 88 valence electrons. The van der Waals surface area contributed by atoms with Gasteiger partial charge in [-0.25, -0.2) is 4.79 Å². The number of ether oxygens (including phenoxy) is 1. The van der Waals surface area contributed by atoms with Gasteiger partial charge in [0.2, 0.25) is 0 Å². The van der Waals surface area contributed by atoms with Crippen LogP contribution in [0.5, 0.6) is 0 Å². The third-order valence-electron chi connectivity index (χ3n) is 3.40. The van der Waals surface area contributed by atoms with Gasteiger partial charge in [0.25, 0.3) is 0 Å². The third-order valence-corrected chi connectivity index (χ3v) is 3.40. The fourth-order valence-electron chi connectivity index (χ4n) is 1.38. The van der Waals surface area contributed by atoms with E-state index in [1.807, 2.05) is 20.8 Å². The van der Waals surface area contributed by atoms with Gasteiger partial charge in [0.05, 0.1) is 0 Å². The van der Waals surface area contributed by atoms with Gasteiger partial charge in [0, 0.05) is 5.57 Å². The Morgan fingerprint density at radius 2 is 1.93 bits per heavy atom. The summed E-state index contributed by atoms with van der Waals surface area (Å²) in [6.45, 7) is 13.9. The first-order valence-corrected chi connectivity index (χ1v) is 5.82. The van der Waals surface area contributed by atoms with E-state index in [2.05, 4.69) is 20.4 Å². The zero-order valence-corrected chi connectivity index (χ0v) is 10.7. The number of hydrogen-bond acceptors (Lipinski definition) is 2. The zero-order valence-electron chi connectivity index (χ0n) is 10.7. The van der Waals surface area contributed by atoms with Crippen LogP contribution < -0.4 is 0 Å². The maximum Gasteiger partial charge on any atom is 0.333 e. The molecule has 0 rings (SSSR count). The minimum Gasteiger partial charge on any atom is -0.456 e. The average Bonchev–Trinajstić information content (AvgIpc) is 2.26. The molecule has 0 spiro atoms. The molecule has 0 amide bonds. The second-order valence-electron chi connectivity index (χ2n) is 4.32. The first-order valence-electron chi connectivity index (χ1n) is 5.82. The maximum absolute atomic E-state index is 11.6. The maximum atomic E-state index is 11.6. The largest absolute Gasteiger partial charge is 0.456 e. The quantitative estimate of drug-likeness (QED) is 0.495. The Morgan fingerprint density at radius 1 is 1.40 bits per heavy atom. The number of carbonyl (C=O) groups excluding carboxylic acids is 1. The minimum absolute atomic E-state index is 0.248. The van der Waals surface area contributed by atoms with E-state index < -0.39 is 0 Å². The van der Waals surface area contributed by atoms with Crippen molar-refractivity contribution in [2.45, 2.75) is 59.5 Å². The van der Waals surface area contributed by atoms with Gasteiger partial charge in [-0.3, -0.25) is 0 Å². The van der Waals surface area contributed by atoms with Crippen molar-refractivity contribution in [1.29, 1.82) is 0 Å². The number of rotatable bonds is 6. The topological polar surface area (TPSA) is 26.3 Å². The van der Waals surface area contributed by atoms with Crippen molar-refractivity contribution < 1.29 is 9.53 Å². The summed E-state index contributed by atoms with van der Waals surface area (Å²) in [5.74, 6) is 0.123. The SMILES string of the molecule is C=C(CC)C(=O)OC(C)(CC)C(C)CC. The normalized spacial score (nSPS) is 16.6. The van der Waals surface area contributed by atoms with Crippen molar-refractivity contribution in [3.8, 4) is 0 Å². The molecule has 2 nitrogen and oxygen atoms in total. The van der Waals surface area contributed by atoms with Crippen LogP contribution >= 0.6 is 0 Å². The summed E-state index contributed by atoms with van der Waals surface area (Å²) in [5, 5.41) is 0. The Balaban J connectivity index is 4.57. The van der Waals surface area contributed by atoms with E-state index in [-0.39, 0.29) is 11.6 Å². The second kappa shape index (κ2) is 5.94. The number of hydrogen-bond donors (Lipinski definition) is 0. The molecule has 0 heterocycles. The van der Waals surface area contributed by atoms with Gasteiger partial charge < -0.3 is 4.74 Å². The van der Waals surface area contributed by atoms with E-state index in [9.17, 15) is 4.79 Å². The highest BCUT2D eigenvalue weighted by molar-refractivity contribution is 5.87. The highest BCUT2D eigenvalue weighted by Crippen LogP contribution is 2.28. The summed E-state index contributed by atoms with van der Waals surface area (Å²) >= 11 is 0. The van der Waals surface area contributed by atoms with Crippen LogP contribution in [-0.4, -0.2) is 11.6 Å². The molecular formula is C13H24O2. The van der Waals surface area contributed by atoms with E-state index in [0.717, 1.165) is 12.8 Å². The van der Waals surface area contributed by atoms with E-state index in [1.165, 1.54) is 0 Å². The lowest BCUT2D eigenvalue weighted by molar-refractivity contribution is -0.159. The van der Waals surface area contributed by atoms with Crippen molar-refractivity contribution in [2.24, 2.45) is 5.92 Å². The van der Waals surface area contributed by atoms with Crippen LogP contribution in [0.3, 0.4) is 0 Å². The summed E-state index contributed by atoms with van der Waals surface area (Å²) < 4.78 is 5.55. The van der Waals surface area contributed by atoms with Crippen LogP contribution in [0.2, 0.25) is 0 Å². The van der Waals surface area contributed by atoms with Crippen molar-refractivity contribution in [3.63, 3.8) is 0 Å². The highest BCUT2D eigenvalue weighted by Gasteiger charge is 2.32. The molecule has 0 N–H and O–H groups in total. The molecule has 15 heavy (non-hydrogen) atoms. The predicted molar refractivity (Wildman–Crippen MR) is 63.7 cm³/mol. The fraction of sp³-hybridized carbons (Fsp3) is 0.769. The van der Waals surface area contributed by atoms with Crippen LogP contribution in [0, 0.1) is 5.92 Å². The number of carbonyl (C=O) groups is 1. The van der Waals surface area contributed by atoms with Crippen LogP contribution in [-0.2, 0) is 9.53 Å². The average molecular weight is 212 g/mol. The molecule has 0 aromatic carbocycles. The smallest absolute Gasteiger partial charge is 0.333 e. The van der Waals surface area contributed by atoms with Crippen LogP contribution in [0.4, 0.5) is 0 Å². The van der Waals surface area contributed by atoms with Gasteiger partial charge in [-0.2, -0.15) is 0 Å². The first kappa shape index (κ1) is 14.2. The molecule has 0 radical (unpaired) electrons. The molecule has 2 heteroatoms. The van der Waals surface area contributed by atoms with Crippen molar-refractivity contribution >= 4 is 5.97 Å². The molecule has 0 aliphatic heterocycles. The zero-order chi connectivity index (χ0) is 12.1. The Morgan fingerprint density at radius 3 is 2.27 bits per heavy atom. The minimum atomic E-state index is -0.357. The Kier molecular flexibility index (Phi) is 5.63. The molecule has 0 saturated heterocycles. The van der Waals surface area contributed by atoms with E-state index in [4.69, 9.17) is 4.74 Å². The fourth-order valence-corrected chi connectivity index (χ4v) is 1.38. The number of esters is 1. The summed E-state index contributed by atoms with van der Waals surface area (Å²) in [5.41, 5.74) is 0.196. The molecule has 0 fully saturated rings.